The largest absolute Gasteiger partial charge is 0.497 e. The first-order chi connectivity index (χ1) is 13.5. The first-order valence-electron chi connectivity index (χ1n) is 9.40. The number of carbonyl (C=O) groups excluding carboxylic acids is 3. The number of likely N-dealkylation sites (tertiary alicyclic amines) is 1. The van der Waals surface area contributed by atoms with Crippen molar-refractivity contribution >= 4 is 17.7 Å². The van der Waals surface area contributed by atoms with E-state index < -0.39 is 11.8 Å². The minimum Gasteiger partial charge on any atom is -0.497 e. The Bertz CT molecular complexity index is 952. The van der Waals surface area contributed by atoms with Gasteiger partial charge < -0.3 is 9.64 Å². The lowest BCUT2D eigenvalue weighted by Gasteiger charge is -2.27. The minimum absolute atomic E-state index is 0.0455. The van der Waals surface area contributed by atoms with Crippen LogP contribution in [0.5, 0.6) is 5.75 Å². The molecule has 0 radical (unpaired) electrons. The van der Waals surface area contributed by atoms with Crippen molar-refractivity contribution in [1.29, 1.82) is 0 Å². The normalized spacial score (nSPS) is 18.6. The Morgan fingerprint density at radius 1 is 1.07 bits per heavy atom. The summed E-state index contributed by atoms with van der Waals surface area (Å²) in [5, 5.41) is 0. The van der Waals surface area contributed by atoms with Crippen LogP contribution in [0.25, 0.3) is 0 Å². The third kappa shape index (κ3) is 3.05. The zero-order valence-electron chi connectivity index (χ0n) is 16.0. The molecular weight excluding hydrogens is 356 g/mol. The van der Waals surface area contributed by atoms with E-state index in [9.17, 15) is 14.4 Å². The number of amides is 3. The minimum atomic E-state index is -0.395. The molecule has 0 bridgehead atoms. The lowest BCUT2D eigenvalue weighted by molar-refractivity contribution is -0.132. The van der Waals surface area contributed by atoms with Gasteiger partial charge in [0, 0.05) is 6.54 Å². The van der Waals surface area contributed by atoms with Crippen molar-refractivity contribution in [2.45, 2.75) is 25.8 Å². The van der Waals surface area contributed by atoms with Gasteiger partial charge in [0.15, 0.2) is 0 Å². The second-order valence-electron chi connectivity index (χ2n) is 7.26. The third-order valence-electron chi connectivity index (χ3n) is 5.49. The van der Waals surface area contributed by atoms with Crippen LogP contribution in [0.2, 0.25) is 0 Å². The maximum atomic E-state index is 13.0. The summed E-state index contributed by atoms with van der Waals surface area (Å²) in [5.74, 6) is -0.226. The van der Waals surface area contributed by atoms with Crippen LogP contribution in [0.3, 0.4) is 0 Å². The molecule has 2 aliphatic heterocycles. The van der Waals surface area contributed by atoms with E-state index in [1.54, 1.807) is 30.2 Å². The van der Waals surface area contributed by atoms with E-state index in [0.29, 0.717) is 17.7 Å². The van der Waals surface area contributed by atoms with Gasteiger partial charge in [-0.2, -0.15) is 0 Å². The molecule has 1 fully saturated rings. The topological polar surface area (TPSA) is 66.9 Å². The molecule has 4 rings (SSSR count). The molecule has 0 aliphatic carbocycles. The van der Waals surface area contributed by atoms with Crippen LogP contribution in [-0.4, -0.2) is 47.7 Å². The van der Waals surface area contributed by atoms with Crippen LogP contribution in [-0.2, 0) is 4.79 Å². The van der Waals surface area contributed by atoms with Crippen LogP contribution in [0.4, 0.5) is 0 Å². The summed E-state index contributed by atoms with van der Waals surface area (Å²) in [5.41, 5.74) is 2.69. The van der Waals surface area contributed by atoms with E-state index in [1.165, 1.54) is 0 Å². The SMILES string of the molecule is COc1ccc(C2CCCN2C(=O)CN2C(=O)c3ccc(C)cc3C2=O)cc1. The van der Waals surface area contributed by atoms with Crippen molar-refractivity contribution in [3.63, 3.8) is 0 Å². The van der Waals surface area contributed by atoms with Crippen LogP contribution < -0.4 is 4.74 Å². The molecule has 6 heteroatoms. The number of hydrogen-bond acceptors (Lipinski definition) is 4. The van der Waals surface area contributed by atoms with E-state index in [2.05, 4.69) is 0 Å². The van der Waals surface area contributed by atoms with Gasteiger partial charge in [0.25, 0.3) is 11.8 Å². The molecule has 0 aromatic heterocycles. The Kier molecular flexibility index (Phi) is 4.63. The maximum Gasteiger partial charge on any atom is 0.262 e. The molecule has 2 aliphatic rings. The van der Waals surface area contributed by atoms with E-state index >= 15 is 0 Å². The average Bonchev–Trinajstić information content (AvgIpc) is 3.28. The summed E-state index contributed by atoms with van der Waals surface area (Å²) in [7, 11) is 1.62. The summed E-state index contributed by atoms with van der Waals surface area (Å²) < 4.78 is 5.20. The highest BCUT2D eigenvalue weighted by molar-refractivity contribution is 6.22. The predicted molar refractivity (Wildman–Crippen MR) is 103 cm³/mol. The number of methoxy groups -OCH3 is 1. The fourth-order valence-corrected chi connectivity index (χ4v) is 4.01. The van der Waals surface area contributed by atoms with E-state index in [0.717, 1.165) is 34.6 Å². The van der Waals surface area contributed by atoms with Crippen molar-refractivity contribution in [3.05, 3.63) is 64.7 Å². The lowest BCUT2D eigenvalue weighted by atomic mass is 10.0. The maximum absolute atomic E-state index is 13.0. The lowest BCUT2D eigenvalue weighted by Crippen LogP contribution is -2.42. The number of ether oxygens (including phenoxy) is 1. The number of carbonyl (C=O) groups is 3. The zero-order valence-corrected chi connectivity index (χ0v) is 16.0. The second-order valence-corrected chi connectivity index (χ2v) is 7.26. The van der Waals surface area contributed by atoms with Gasteiger partial charge >= 0.3 is 0 Å². The number of rotatable bonds is 4. The highest BCUT2D eigenvalue weighted by Gasteiger charge is 2.39. The molecule has 0 spiro atoms. The van der Waals surface area contributed by atoms with Gasteiger partial charge in [-0.15, -0.1) is 0 Å². The van der Waals surface area contributed by atoms with Gasteiger partial charge in [0.2, 0.25) is 5.91 Å². The van der Waals surface area contributed by atoms with Crippen molar-refractivity contribution in [2.75, 3.05) is 20.2 Å². The summed E-state index contributed by atoms with van der Waals surface area (Å²) >= 11 is 0. The second kappa shape index (κ2) is 7.11. The first kappa shape index (κ1) is 18.2. The van der Waals surface area contributed by atoms with Crippen molar-refractivity contribution in [1.82, 2.24) is 9.80 Å². The summed E-state index contributed by atoms with van der Waals surface area (Å²) in [6.45, 7) is 2.27. The molecule has 1 saturated heterocycles. The van der Waals surface area contributed by atoms with Crippen LogP contribution in [0.15, 0.2) is 42.5 Å². The quantitative estimate of drug-likeness (QED) is 0.767. The van der Waals surface area contributed by atoms with E-state index in [4.69, 9.17) is 4.74 Å². The molecule has 2 heterocycles. The monoisotopic (exact) mass is 378 g/mol. The zero-order chi connectivity index (χ0) is 19.8. The Morgan fingerprint density at radius 3 is 2.50 bits per heavy atom. The molecule has 144 valence electrons. The molecule has 6 nitrogen and oxygen atoms in total. The number of nitrogens with zero attached hydrogens (tertiary/aromatic N) is 2. The summed E-state index contributed by atoms with van der Waals surface area (Å²) in [6, 6.07) is 12.8. The Hall–Kier alpha value is -3.15. The van der Waals surface area contributed by atoms with Crippen molar-refractivity contribution in [2.24, 2.45) is 0 Å². The van der Waals surface area contributed by atoms with Crippen LogP contribution >= 0.6 is 0 Å². The number of imide groups is 1. The first-order valence-corrected chi connectivity index (χ1v) is 9.40. The van der Waals surface area contributed by atoms with Crippen LogP contribution in [0, 0.1) is 6.92 Å². The number of aryl methyl sites for hydroxylation is 1. The highest BCUT2D eigenvalue weighted by Crippen LogP contribution is 2.33. The van der Waals surface area contributed by atoms with E-state index in [1.807, 2.05) is 31.2 Å². The average molecular weight is 378 g/mol. The Labute approximate surface area is 163 Å². The number of fused-ring (bicyclic) bond motifs is 1. The molecule has 0 N–H and O–H groups in total. The van der Waals surface area contributed by atoms with Crippen LogP contribution in [0.1, 0.15) is 50.7 Å². The van der Waals surface area contributed by atoms with Gasteiger partial charge in [-0.25, -0.2) is 0 Å². The molecule has 3 amide bonds. The van der Waals surface area contributed by atoms with Gasteiger partial charge in [0.05, 0.1) is 24.3 Å². The molecule has 28 heavy (non-hydrogen) atoms. The molecule has 2 aromatic carbocycles. The highest BCUT2D eigenvalue weighted by atomic mass is 16.5. The van der Waals surface area contributed by atoms with Gasteiger partial charge in [-0.3, -0.25) is 19.3 Å². The summed E-state index contributed by atoms with van der Waals surface area (Å²) in [4.78, 5) is 41.1. The Balaban J connectivity index is 1.51. The van der Waals surface area contributed by atoms with E-state index in [-0.39, 0.29) is 18.5 Å². The summed E-state index contributed by atoms with van der Waals surface area (Å²) in [6.07, 6.45) is 1.75. The van der Waals surface area contributed by atoms with Crippen molar-refractivity contribution < 1.29 is 19.1 Å². The van der Waals surface area contributed by atoms with Gasteiger partial charge in [-0.05, 0) is 49.6 Å². The smallest absolute Gasteiger partial charge is 0.262 e. The predicted octanol–water partition coefficient (Wildman–Crippen LogP) is 2.96. The molecule has 1 unspecified atom stereocenters. The fourth-order valence-electron chi connectivity index (χ4n) is 4.01. The molecule has 0 saturated carbocycles. The van der Waals surface area contributed by atoms with Gasteiger partial charge in [0.1, 0.15) is 12.3 Å². The standard InChI is InChI=1S/C22H22N2O4/c1-14-5-10-17-18(12-14)22(27)24(21(17)26)13-20(25)23-11-3-4-19(23)15-6-8-16(28-2)9-7-15/h5-10,12,19H,3-4,11,13H2,1-2H3. The molecule has 1 atom stereocenters. The van der Waals surface area contributed by atoms with Crippen molar-refractivity contribution in [3.8, 4) is 5.75 Å². The third-order valence-corrected chi connectivity index (χ3v) is 5.49. The Morgan fingerprint density at radius 2 is 1.79 bits per heavy atom. The van der Waals surface area contributed by atoms with Gasteiger partial charge in [-0.1, -0.05) is 23.8 Å². The molecular formula is C22H22N2O4. The number of benzene rings is 2. The fraction of sp³-hybridized carbons (Fsp3) is 0.318. The number of hydrogen-bond donors (Lipinski definition) is 0. The molecule has 2 aromatic rings.